The van der Waals surface area contributed by atoms with Crippen molar-refractivity contribution in [2.45, 2.75) is 19.8 Å². The summed E-state index contributed by atoms with van der Waals surface area (Å²) in [6.07, 6.45) is 1.75. The minimum absolute atomic E-state index is 0.0563. The molecular formula is C9H14N4OS. The number of anilines is 1. The van der Waals surface area contributed by atoms with Gasteiger partial charge in [0.05, 0.1) is 0 Å². The first-order chi connectivity index (χ1) is 7.21. The van der Waals surface area contributed by atoms with E-state index >= 15 is 0 Å². The van der Waals surface area contributed by atoms with E-state index in [9.17, 15) is 4.79 Å². The topological polar surface area (TPSA) is 66.9 Å². The molecule has 6 heteroatoms. The molecule has 1 fully saturated rings. The molecule has 1 aliphatic rings. The van der Waals surface area contributed by atoms with Crippen molar-refractivity contribution in [2.75, 3.05) is 18.4 Å². The quantitative estimate of drug-likeness (QED) is 0.785. The van der Waals surface area contributed by atoms with Gasteiger partial charge in [-0.05, 0) is 25.9 Å². The minimum Gasteiger partial charge on any atom is -0.317 e. The number of piperidine rings is 1. The van der Waals surface area contributed by atoms with Gasteiger partial charge in [0.15, 0.2) is 0 Å². The van der Waals surface area contributed by atoms with Crippen molar-refractivity contribution in [1.82, 2.24) is 15.5 Å². The van der Waals surface area contributed by atoms with Gasteiger partial charge in [0.25, 0.3) is 0 Å². The summed E-state index contributed by atoms with van der Waals surface area (Å²) >= 11 is 1.34. The third kappa shape index (κ3) is 2.32. The van der Waals surface area contributed by atoms with Crippen LogP contribution in [0.4, 0.5) is 5.13 Å². The lowest BCUT2D eigenvalue weighted by molar-refractivity contribution is -0.126. The second-order valence-corrected chi connectivity index (χ2v) is 4.84. The normalized spacial score (nSPS) is 19.8. The molecule has 0 radical (unpaired) electrons. The van der Waals surface area contributed by atoms with Gasteiger partial charge >= 0.3 is 0 Å². The molecule has 0 unspecified atom stereocenters. The molecule has 82 valence electrons. The predicted molar refractivity (Wildman–Crippen MR) is 58.7 cm³/mol. The molecule has 0 spiro atoms. The highest BCUT2D eigenvalue weighted by molar-refractivity contribution is 7.13. The second kappa shape index (κ2) is 4.24. The number of rotatable bonds is 2. The van der Waals surface area contributed by atoms with Gasteiger partial charge in [-0.2, -0.15) is 0 Å². The largest absolute Gasteiger partial charge is 0.317 e. The number of hydrogen-bond acceptors (Lipinski definition) is 5. The highest BCUT2D eigenvalue weighted by Crippen LogP contribution is 2.29. The van der Waals surface area contributed by atoms with Crippen molar-refractivity contribution < 1.29 is 4.79 Å². The summed E-state index contributed by atoms with van der Waals surface area (Å²) in [6.45, 7) is 3.81. The zero-order chi connectivity index (χ0) is 10.7. The average Bonchev–Trinajstić information content (AvgIpc) is 2.71. The minimum atomic E-state index is -0.267. The third-order valence-electron chi connectivity index (χ3n) is 2.84. The monoisotopic (exact) mass is 226 g/mol. The molecule has 2 heterocycles. The van der Waals surface area contributed by atoms with Gasteiger partial charge in [0.1, 0.15) is 5.51 Å². The van der Waals surface area contributed by atoms with Gasteiger partial charge in [-0.25, -0.2) is 0 Å². The van der Waals surface area contributed by atoms with Crippen molar-refractivity contribution in [1.29, 1.82) is 0 Å². The van der Waals surface area contributed by atoms with Crippen LogP contribution >= 0.6 is 11.3 Å². The molecule has 0 aliphatic carbocycles. The lowest BCUT2D eigenvalue weighted by atomic mass is 9.80. The second-order valence-electron chi connectivity index (χ2n) is 4.01. The highest BCUT2D eigenvalue weighted by atomic mass is 32.1. The zero-order valence-electron chi connectivity index (χ0n) is 8.62. The zero-order valence-corrected chi connectivity index (χ0v) is 9.43. The van der Waals surface area contributed by atoms with Crippen LogP contribution in [0.3, 0.4) is 0 Å². The molecule has 1 aliphatic heterocycles. The van der Waals surface area contributed by atoms with E-state index in [4.69, 9.17) is 0 Å². The van der Waals surface area contributed by atoms with Gasteiger partial charge in [0.2, 0.25) is 11.0 Å². The summed E-state index contributed by atoms with van der Waals surface area (Å²) in [5.74, 6) is 0.0563. The first kappa shape index (κ1) is 10.5. The first-order valence-electron chi connectivity index (χ1n) is 4.99. The van der Waals surface area contributed by atoms with Crippen molar-refractivity contribution in [3.05, 3.63) is 5.51 Å². The van der Waals surface area contributed by atoms with Crippen LogP contribution < -0.4 is 10.6 Å². The van der Waals surface area contributed by atoms with Gasteiger partial charge < -0.3 is 10.6 Å². The van der Waals surface area contributed by atoms with E-state index < -0.39 is 0 Å². The van der Waals surface area contributed by atoms with Crippen LogP contribution in [0.25, 0.3) is 0 Å². The number of nitrogens with zero attached hydrogens (tertiary/aromatic N) is 2. The molecule has 1 aromatic rings. The lowest BCUT2D eigenvalue weighted by Crippen LogP contribution is -2.42. The van der Waals surface area contributed by atoms with Gasteiger partial charge in [-0.15, -0.1) is 10.2 Å². The fraction of sp³-hybridized carbons (Fsp3) is 0.667. The summed E-state index contributed by atoms with van der Waals surface area (Å²) in [4.78, 5) is 12.0. The molecule has 0 aromatic carbocycles. The maximum absolute atomic E-state index is 12.0. The SMILES string of the molecule is CC1(C(=O)Nc2nncs2)CCNCC1. The molecule has 1 amide bonds. The third-order valence-corrected chi connectivity index (χ3v) is 3.44. The van der Waals surface area contributed by atoms with E-state index in [-0.39, 0.29) is 11.3 Å². The van der Waals surface area contributed by atoms with E-state index in [0.29, 0.717) is 5.13 Å². The fourth-order valence-electron chi connectivity index (χ4n) is 1.68. The van der Waals surface area contributed by atoms with Crippen LogP contribution in [0.15, 0.2) is 5.51 Å². The van der Waals surface area contributed by atoms with E-state index in [0.717, 1.165) is 25.9 Å². The number of aromatic nitrogens is 2. The molecule has 0 bridgehead atoms. The molecule has 2 N–H and O–H groups in total. The Labute approximate surface area is 92.3 Å². The lowest BCUT2D eigenvalue weighted by Gasteiger charge is -2.31. The Morgan fingerprint density at radius 1 is 1.60 bits per heavy atom. The standard InChI is InChI=1S/C9H14N4OS/c1-9(2-4-10-5-3-9)7(14)12-8-13-11-6-15-8/h6,10H,2-5H2,1H3,(H,12,13,14). The summed E-state index contributed by atoms with van der Waals surface area (Å²) in [5, 5.41) is 14.1. The number of nitrogens with one attached hydrogen (secondary N) is 2. The van der Waals surface area contributed by atoms with Gasteiger partial charge in [-0.3, -0.25) is 4.79 Å². The molecule has 2 rings (SSSR count). The Kier molecular flexibility index (Phi) is 2.97. The Balaban J connectivity index is 2.00. The van der Waals surface area contributed by atoms with E-state index in [1.807, 2.05) is 6.92 Å². The van der Waals surface area contributed by atoms with Crippen molar-refractivity contribution >= 4 is 22.4 Å². The number of carbonyl (C=O) groups is 1. The Morgan fingerprint density at radius 2 is 2.33 bits per heavy atom. The van der Waals surface area contributed by atoms with Crippen LogP contribution in [-0.2, 0) is 4.79 Å². The van der Waals surface area contributed by atoms with Crippen LogP contribution in [0.1, 0.15) is 19.8 Å². The molecule has 1 aromatic heterocycles. The molecule has 1 saturated heterocycles. The predicted octanol–water partition coefficient (Wildman–Crippen LogP) is 0.866. The van der Waals surface area contributed by atoms with Crippen LogP contribution in [0.2, 0.25) is 0 Å². The molecular weight excluding hydrogens is 212 g/mol. The Hall–Kier alpha value is -1.01. The molecule has 5 nitrogen and oxygen atoms in total. The smallest absolute Gasteiger partial charge is 0.232 e. The highest BCUT2D eigenvalue weighted by Gasteiger charge is 2.34. The number of carbonyl (C=O) groups excluding carboxylic acids is 1. The molecule has 0 atom stereocenters. The summed E-state index contributed by atoms with van der Waals surface area (Å²) < 4.78 is 0. The van der Waals surface area contributed by atoms with Gasteiger partial charge in [-0.1, -0.05) is 18.3 Å². The Bertz CT molecular complexity index is 332. The fourth-order valence-corrected chi connectivity index (χ4v) is 2.12. The summed E-state index contributed by atoms with van der Waals surface area (Å²) in [6, 6.07) is 0. The van der Waals surface area contributed by atoms with Crippen LogP contribution in [-0.4, -0.2) is 29.2 Å². The van der Waals surface area contributed by atoms with Crippen LogP contribution in [0, 0.1) is 5.41 Å². The van der Waals surface area contributed by atoms with Crippen LogP contribution in [0.5, 0.6) is 0 Å². The summed E-state index contributed by atoms with van der Waals surface area (Å²) in [7, 11) is 0. The summed E-state index contributed by atoms with van der Waals surface area (Å²) in [5.41, 5.74) is 1.34. The van der Waals surface area contributed by atoms with Crippen molar-refractivity contribution in [3.8, 4) is 0 Å². The van der Waals surface area contributed by atoms with E-state index in [1.54, 1.807) is 5.51 Å². The first-order valence-corrected chi connectivity index (χ1v) is 5.87. The van der Waals surface area contributed by atoms with E-state index in [1.165, 1.54) is 11.3 Å². The van der Waals surface area contributed by atoms with Crippen molar-refractivity contribution in [2.24, 2.45) is 5.41 Å². The number of amides is 1. The maximum atomic E-state index is 12.0. The molecule has 15 heavy (non-hydrogen) atoms. The maximum Gasteiger partial charge on any atom is 0.232 e. The average molecular weight is 226 g/mol. The van der Waals surface area contributed by atoms with Crippen molar-refractivity contribution in [3.63, 3.8) is 0 Å². The van der Waals surface area contributed by atoms with Gasteiger partial charge in [0, 0.05) is 5.41 Å². The van der Waals surface area contributed by atoms with E-state index in [2.05, 4.69) is 20.8 Å². The molecule has 0 saturated carbocycles. The Morgan fingerprint density at radius 3 is 2.93 bits per heavy atom. The number of hydrogen-bond donors (Lipinski definition) is 2.